The van der Waals surface area contributed by atoms with Gasteiger partial charge in [-0.15, -0.1) is 6.58 Å². The maximum Gasteiger partial charge on any atom is 0.201 e. The zero-order valence-electron chi connectivity index (χ0n) is 18.3. The summed E-state index contributed by atoms with van der Waals surface area (Å²) in [6.07, 6.45) is 2.96. The van der Waals surface area contributed by atoms with Crippen molar-refractivity contribution < 1.29 is 27.4 Å². The number of hydrogen-bond acceptors (Lipinski definition) is 3. The summed E-state index contributed by atoms with van der Waals surface area (Å²) in [5.41, 5.74) is 2.38. The summed E-state index contributed by atoms with van der Waals surface area (Å²) < 4.78 is 59.5. The summed E-state index contributed by atoms with van der Waals surface area (Å²) in [6.45, 7) is 4.75. The summed E-state index contributed by atoms with van der Waals surface area (Å²) in [5.74, 6) is -2.30. The molecule has 33 heavy (non-hydrogen) atoms. The normalized spacial score (nSPS) is 18.2. The van der Waals surface area contributed by atoms with Crippen LogP contribution in [0.25, 0.3) is 22.3 Å². The first kappa shape index (κ1) is 23.1. The van der Waals surface area contributed by atoms with Crippen molar-refractivity contribution in [3.8, 4) is 28.0 Å². The molecule has 4 rings (SSSR count). The molecule has 0 aromatic heterocycles. The molecule has 1 fully saturated rings. The fourth-order valence-corrected chi connectivity index (χ4v) is 3.90. The Morgan fingerprint density at radius 1 is 0.909 bits per heavy atom. The number of benzene rings is 3. The van der Waals surface area contributed by atoms with Crippen LogP contribution in [-0.4, -0.2) is 20.3 Å². The molecular weight excluding hydrogens is 429 g/mol. The minimum atomic E-state index is -1.03. The lowest BCUT2D eigenvalue weighted by molar-refractivity contribution is -0.207. The third-order valence-electron chi connectivity index (χ3n) is 5.80. The summed E-state index contributed by atoms with van der Waals surface area (Å²) in [6, 6.07) is 14.5. The minimum absolute atomic E-state index is 0.124. The van der Waals surface area contributed by atoms with E-state index in [1.165, 1.54) is 25.3 Å². The van der Waals surface area contributed by atoms with Crippen LogP contribution >= 0.6 is 0 Å². The van der Waals surface area contributed by atoms with Crippen LogP contribution in [0.2, 0.25) is 0 Å². The molecule has 0 unspecified atom stereocenters. The average molecular weight is 454 g/mol. The van der Waals surface area contributed by atoms with E-state index in [1.54, 1.807) is 36.4 Å². The second kappa shape index (κ2) is 10.2. The van der Waals surface area contributed by atoms with Gasteiger partial charge in [0.2, 0.25) is 5.82 Å². The fourth-order valence-electron chi connectivity index (χ4n) is 3.90. The lowest BCUT2D eigenvalue weighted by atomic mass is 9.98. The summed E-state index contributed by atoms with van der Waals surface area (Å²) in [4.78, 5) is 0. The zero-order valence-corrected chi connectivity index (χ0v) is 18.3. The molecule has 0 radical (unpaired) electrons. The van der Waals surface area contributed by atoms with Crippen molar-refractivity contribution in [1.82, 2.24) is 0 Å². The molecule has 6 heteroatoms. The van der Waals surface area contributed by atoms with Gasteiger partial charge >= 0.3 is 0 Å². The first-order chi connectivity index (χ1) is 16.0. The molecule has 0 saturated carbocycles. The molecule has 3 aromatic rings. The molecule has 0 spiro atoms. The van der Waals surface area contributed by atoms with Crippen molar-refractivity contribution in [2.45, 2.75) is 19.1 Å². The molecule has 3 nitrogen and oxygen atoms in total. The van der Waals surface area contributed by atoms with Gasteiger partial charge in [-0.05, 0) is 47.7 Å². The largest absolute Gasteiger partial charge is 0.494 e. The van der Waals surface area contributed by atoms with Gasteiger partial charge in [0.15, 0.2) is 17.9 Å². The second-order valence-electron chi connectivity index (χ2n) is 7.99. The van der Waals surface area contributed by atoms with E-state index in [2.05, 4.69) is 6.58 Å². The fraction of sp³-hybridized carbons (Fsp3) is 0.259. The first-order valence-electron chi connectivity index (χ1n) is 10.8. The van der Waals surface area contributed by atoms with Crippen molar-refractivity contribution in [1.29, 1.82) is 0 Å². The highest BCUT2D eigenvalue weighted by Gasteiger charge is 2.25. The van der Waals surface area contributed by atoms with Crippen LogP contribution in [0.5, 0.6) is 5.75 Å². The maximum atomic E-state index is 14.9. The van der Waals surface area contributed by atoms with Crippen molar-refractivity contribution in [3.05, 3.63) is 90.3 Å². The van der Waals surface area contributed by atoms with Gasteiger partial charge in [0.05, 0.1) is 20.3 Å². The molecule has 0 atom stereocenters. The van der Waals surface area contributed by atoms with E-state index in [0.29, 0.717) is 29.9 Å². The number of methoxy groups -OCH3 is 1. The van der Waals surface area contributed by atoms with Gasteiger partial charge in [0.25, 0.3) is 0 Å². The Morgan fingerprint density at radius 2 is 1.58 bits per heavy atom. The summed E-state index contributed by atoms with van der Waals surface area (Å²) >= 11 is 0. The first-order valence-corrected chi connectivity index (χ1v) is 10.8. The highest BCUT2D eigenvalue weighted by molar-refractivity contribution is 5.71. The van der Waals surface area contributed by atoms with E-state index in [0.717, 1.165) is 18.4 Å². The number of rotatable bonds is 7. The monoisotopic (exact) mass is 454 g/mol. The van der Waals surface area contributed by atoms with E-state index in [9.17, 15) is 13.2 Å². The molecule has 1 heterocycles. The second-order valence-corrected chi connectivity index (χ2v) is 7.99. The molecule has 1 aliphatic heterocycles. The molecule has 0 aliphatic carbocycles. The van der Waals surface area contributed by atoms with Gasteiger partial charge in [-0.25, -0.2) is 8.78 Å². The smallest absolute Gasteiger partial charge is 0.201 e. The van der Waals surface area contributed by atoms with Crippen LogP contribution in [0.3, 0.4) is 0 Å². The molecule has 1 aliphatic rings. The van der Waals surface area contributed by atoms with E-state index in [-0.39, 0.29) is 17.2 Å². The quantitative estimate of drug-likeness (QED) is 0.357. The van der Waals surface area contributed by atoms with E-state index >= 15 is 0 Å². The van der Waals surface area contributed by atoms with Gasteiger partial charge in [-0.3, -0.25) is 0 Å². The van der Waals surface area contributed by atoms with Crippen LogP contribution in [0.4, 0.5) is 13.2 Å². The molecule has 0 bridgehead atoms. The minimum Gasteiger partial charge on any atom is -0.494 e. The summed E-state index contributed by atoms with van der Waals surface area (Å²) in [5, 5.41) is 0. The van der Waals surface area contributed by atoms with Crippen molar-refractivity contribution in [2.24, 2.45) is 5.92 Å². The lowest BCUT2D eigenvalue weighted by Gasteiger charge is -2.29. The predicted octanol–water partition coefficient (Wildman–Crippen LogP) is 7.07. The Labute approximate surface area is 191 Å². The van der Waals surface area contributed by atoms with Gasteiger partial charge in [-0.1, -0.05) is 42.5 Å². The van der Waals surface area contributed by atoms with E-state index in [1.807, 2.05) is 6.08 Å². The Bertz CT molecular complexity index is 1120. The van der Waals surface area contributed by atoms with Crippen LogP contribution in [0, 0.1) is 23.4 Å². The highest BCUT2D eigenvalue weighted by atomic mass is 19.2. The number of halogens is 3. The van der Waals surface area contributed by atoms with Crippen LogP contribution < -0.4 is 4.74 Å². The number of allylic oxidation sites excluding steroid dienone is 1. The third kappa shape index (κ3) is 4.97. The van der Waals surface area contributed by atoms with Crippen molar-refractivity contribution >= 4 is 0 Å². The zero-order chi connectivity index (χ0) is 23.4. The molecule has 3 aromatic carbocycles. The Balaban J connectivity index is 1.49. The Hall–Kier alpha value is -3.09. The van der Waals surface area contributed by atoms with Gasteiger partial charge in [0, 0.05) is 17.0 Å². The van der Waals surface area contributed by atoms with Crippen molar-refractivity contribution in [2.75, 3.05) is 20.3 Å². The molecule has 1 saturated heterocycles. The number of ether oxygens (including phenoxy) is 3. The highest BCUT2D eigenvalue weighted by Crippen LogP contribution is 2.33. The predicted molar refractivity (Wildman–Crippen MR) is 121 cm³/mol. The molecule has 0 amide bonds. The lowest BCUT2D eigenvalue weighted by Crippen LogP contribution is -2.27. The topological polar surface area (TPSA) is 27.7 Å². The van der Waals surface area contributed by atoms with Crippen molar-refractivity contribution in [3.63, 3.8) is 0 Å². The molecule has 172 valence electrons. The van der Waals surface area contributed by atoms with Gasteiger partial charge in [0.1, 0.15) is 5.82 Å². The van der Waals surface area contributed by atoms with Crippen LogP contribution in [0.15, 0.2) is 67.3 Å². The maximum absolute atomic E-state index is 14.9. The summed E-state index contributed by atoms with van der Waals surface area (Å²) in [7, 11) is 1.28. The third-order valence-corrected chi connectivity index (χ3v) is 5.80. The average Bonchev–Trinajstić information content (AvgIpc) is 2.85. The van der Waals surface area contributed by atoms with E-state index < -0.39 is 23.7 Å². The number of hydrogen-bond donors (Lipinski definition) is 0. The van der Waals surface area contributed by atoms with Gasteiger partial charge < -0.3 is 14.2 Å². The SMILES string of the molecule is C=CCCC1COC(c2ccc(-c3ccc(-c4ccc(OC)c(F)c4F)cc3)cc2F)OC1. The Morgan fingerprint density at radius 3 is 2.21 bits per heavy atom. The molecular formula is C27H25F3O3. The van der Waals surface area contributed by atoms with E-state index in [4.69, 9.17) is 14.2 Å². The Kier molecular flexibility index (Phi) is 7.16. The molecule has 0 N–H and O–H groups in total. The standard InChI is InChI=1S/C27H25F3O3/c1-3-4-5-17-15-32-27(33-16-17)22-11-10-20(14-23(22)28)18-6-8-19(9-7-18)21-12-13-24(31-2)26(30)25(21)29/h3,6-14,17,27H,1,4-5,15-16H2,2H3. The van der Waals surface area contributed by atoms with Gasteiger partial charge in [-0.2, -0.15) is 4.39 Å². The van der Waals surface area contributed by atoms with Crippen LogP contribution in [-0.2, 0) is 9.47 Å². The van der Waals surface area contributed by atoms with Crippen LogP contribution in [0.1, 0.15) is 24.7 Å².